The van der Waals surface area contributed by atoms with Crippen molar-refractivity contribution in [1.82, 2.24) is 14.9 Å². The number of aromatic nitrogens is 2. The smallest absolute Gasteiger partial charge is 0.416 e. The fourth-order valence-corrected chi connectivity index (χ4v) is 10.3. The van der Waals surface area contributed by atoms with Gasteiger partial charge in [-0.15, -0.1) is 0 Å². The molecule has 18 heteroatoms. The quantitative estimate of drug-likeness (QED) is 0.0620. The Labute approximate surface area is 380 Å². The maximum absolute atomic E-state index is 14.0. The highest BCUT2D eigenvalue weighted by molar-refractivity contribution is 7.92. The zero-order chi connectivity index (χ0) is 46.1. The number of H-pyrrole nitrogens is 1. The number of hydrogen-bond acceptors (Lipinski definition) is 11. The number of fused-ring (bicyclic) bond motifs is 1. The first kappa shape index (κ1) is 46.1. The van der Waals surface area contributed by atoms with Crippen molar-refractivity contribution >= 4 is 60.9 Å². The van der Waals surface area contributed by atoms with E-state index in [4.69, 9.17) is 21.1 Å². The van der Waals surface area contributed by atoms with Gasteiger partial charge >= 0.3 is 6.18 Å². The van der Waals surface area contributed by atoms with E-state index in [0.717, 1.165) is 72.5 Å². The number of aromatic amines is 1. The lowest BCUT2D eigenvalue weighted by atomic mass is 9.72. The number of Topliss-reactive ketones (excluding diaryl/α,β-unsaturated/α-hetero) is 1. The number of pyridine rings is 1. The summed E-state index contributed by atoms with van der Waals surface area (Å²) in [6.07, 6.45) is 3.79. The number of carbonyl (C=O) groups excluding carboxylic acids is 1. The van der Waals surface area contributed by atoms with Gasteiger partial charge in [0.05, 0.1) is 33.2 Å². The molecule has 0 amide bonds. The summed E-state index contributed by atoms with van der Waals surface area (Å²) in [6, 6.07) is 15.7. The Hall–Kier alpha value is -5.49. The highest BCUT2D eigenvalue weighted by Gasteiger charge is 2.34. The van der Waals surface area contributed by atoms with Gasteiger partial charge in [-0.3, -0.25) is 19.8 Å². The molecule has 5 aromatic rings. The van der Waals surface area contributed by atoms with E-state index in [1.54, 1.807) is 24.4 Å². The van der Waals surface area contributed by atoms with Crippen LogP contribution >= 0.6 is 11.6 Å². The first-order chi connectivity index (χ1) is 30.9. The topological polar surface area (TPSA) is 160 Å². The number of halogens is 4. The highest BCUT2D eigenvalue weighted by Crippen LogP contribution is 2.46. The van der Waals surface area contributed by atoms with Crippen LogP contribution in [0.4, 0.5) is 30.2 Å². The van der Waals surface area contributed by atoms with Gasteiger partial charge in [-0.05, 0) is 104 Å². The fourth-order valence-electron chi connectivity index (χ4n) is 8.82. The molecule has 2 N–H and O–H groups in total. The predicted octanol–water partition coefficient (Wildman–Crippen LogP) is 10.4. The molecule has 1 aliphatic carbocycles. The van der Waals surface area contributed by atoms with E-state index in [-0.39, 0.29) is 38.4 Å². The van der Waals surface area contributed by atoms with Crippen molar-refractivity contribution in [3.8, 4) is 11.5 Å². The summed E-state index contributed by atoms with van der Waals surface area (Å²) in [5, 5.41) is 16.0. The summed E-state index contributed by atoms with van der Waals surface area (Å²) >= 11 is 6.53. The van der Waals surface area contributed by atoms with Crippen molar-refractivity contribution in [3.63, 3.8) is 0 Å². The molecule has 0 spiro atoms. The molecule has 13 nitrogen and oxygen atoms in total. The monoisotopic (exact) mass is 934 g/mol. The predicted molar refractivity (Wildman–Crippen MR) is 244 cm³/mol. The van der Waals surface area contributed by atoms with Crippen LogP contribution in [-0.2, 0) is 20.8 Å². The SMILES string of the molecule is CC1(C)CCC(CN2CCN(c3ccc(C(=O)CS(=O)(=O)c4ccc(NCC5CCCCO5)c([N+](=O)[O-])c4)c(Oc4cnc5[nH]ccc5c4)c3)CC2)=C(c2ccc(C(F)(F)F)cc2Cl)C1. The maximum atomic E-state index is 14.0. The molecule has 3 aromatic carbocycles. The third-order valence-electron chi connectivity index (χ3n) is 12.5. The molecular weight excluding hydrogens is 885 g/mol. The number of nitrogens with zero attached hydrogens (tertiary/aromatic N) is 4. The number of nitro groups is 1. The first-order valence-electron chi connectivity index (χ1n) is 21.6. The van der Waals surface area contributed by atoms with Gasteiger partial charge < -0.3 is 24.7 Å². The standard InChI is InChI=1S/C47H50ClF3N6O7S/c1-46(2)14-12-31(39(25-46)37-9-6-32(22-40(37)48)47(49,50)51)28-55-16-18-56(19-17-55)33-7-10-38(44(23-33)64-35-21-30-13-15-52-45(30)54-27-35)43(58)29-65(61,62)36-8-11-41(42(24-36)57(59)60)53-26-34-5-3-4-20-63-34/h6-11,13,15,21-24,27,34,53H,3-5,12,14,16-20,25-26,28-29H2,1-2H3,(H,52,54). The molecule has 1 unspecified atom stereocenters. The Morgan fingerprint density at radius 2 is 1.86 bits per heavy atom. The Bertz CT molecular complexity index is 2750. The zero-order valence-corrected chi connectivity index (χ0v) is 37.6. The lowest BCUT2D eigenvalue weighted by Gasteiger charge is -2.39. The van der Waals surface area contributed by atoms with E-state index >= 15 is 0 Å². The molecule has 1 atom stereocenters. The van der Waals surface area contributed by atoms with Crippen molar-refractivity contribution in [2.45, 2.75) is 69.5 Å². The molecule has 0 bridgehead atoms. The first-order valence-corrected chi connectivity index (χ1v) is 23.7. The van der Waals surface area contributed by atoms with Crippen LogP contribution in [0.2, 0.25) is 5.02 Å². The molecule has 2 aromatic heterocycles. The average molecular weight is 935 g/mol. The van der Waals surface area contributed by atoms with Gasteiger partial charge in [0.1, 0.15) is 28.6 Å². The number of nitro benzene ring substituents is 1. The molecule has 0 saturated carbocycles. The molecule has 344 valence electrons. The highest BCUT2D eigenvalue weighted by atomic mass is 35.5. The van der Waals surface area contributed by atoms with E-state index < -0.39 is 43.7 Å². The summed E-state index contributed by atoms with van der Waals surface area (Å²) in [5.41, 5.74) is 3.06. The zero-order valence-electron chi connectivity index (χ0n) is 36.0. The number of carbonyl (C=O) groups is 1. The minimum Gasteiger partial charge on any atom is -0.455 e. The van der Waals surface area contributed by atoms with Gasteiger partial charge in [-0.25, -0.2) is 13.4 Å². The van der Waals surface area contributed by atoms with E-state index in [1.807, 2.05) is 6.07 Å². The van der Waals surface area contributed by atoms with Gasteiger partial charge in [0.25, 0.3) is 5.69 Å². The minimum atomic E-state index is -4.49. The molecule has 2 saturated heterocycles. The van der Waals surface area contributed by atoms with Crippen LogP contribution in [0, 0.1) is 15.5 Å². The Morgan fingerprint density at radius 1 is 1.06 bits per heavy atom. The van der Waals surface area contributed by atoms with Gasteiger partial charge in [-0.1, -0.05) is 37.1 Å². The van der Waals surface area contributed by atoms with Crippen LogP contribution in [0.3, 0.4) is 0 Å². The van der Waals surface area contributed by atoms with Crippen molar-refractivity contribution in [2.24, 2.45) is 5.41 Å². The number of rotatable bonds is 14. The van der Waals surface area contributed by atoms with Crippen LogP contribution in [0.25, 0.3) is 16.6 Å². The van der Waals surface area contributed by atoms with E-state index in [2.05, 4.69) is 38.9 Å². The summed E-state index contributed by atoms with van der Waals surface area (Å²) in [5.74, 6) is -1.30. The normalized spacial score (nSPS) is 18.5. The molecule has 3 aliphatic rings. The van der Waals surface area contributed by atoms with Gasteiger partial charge in [0, 0.05) is 80.3 Å². The lowest BCUT2D eigenvalue weighted by Crippen LogP contribution is -2.47. The van der Waals surface area contributed by atoms with Crippen molar-refractivity contribution in [3.05, 3.63) is 117 Å². The maximum Gasteiger partial charge on any atom is 0.416 e. The lowest BCUT2D eigenvalue weighted by molar-refractivity contribution is -0.384. The Balaban J connectivity index is 1.01. The van der Waals surface area contributed by atoms with Crippen molar-refractivity contribution in [2.75, 3.05) is 61.8 Å². The third-order valence-corrected chi connectivity index (χ3v) is 14.4. The van der Waals surface area contributed by atoms with Crippen LogP contribution in [0.15, 0.2) is 89.6 Å². The summed E-state index contributed by atoms with van der Waals surface area (Å²) in [7, 11) is -4.37. The molecule has 65 heavy (non-hydrogen) atoms. The van der Waals surface area contributed by atoms with E-state index in [1.165, 1.54) is 30.5 Å². The average Bonchev–Trinajstić information content (AvgIpc) is 3.74. The minimum absolute atomic E-state index is 0.00649. The van der Waals surface area contributed by atoms with Crippen molar-refractivity contribution < 1.29 is 40.8 Å². The van der Waals surface area contributed by atoms with Gasteiger partial charge in [0.15, 0.2) is 15.6 Å². The molecule has 2 aliphatic heterocycles. The largest absolute Gasteiger partial charge is 0.455 e. The van der Waals surface area contributed by atoms with Crippen LogP contribution in [0.1, 0.15) is 73.9 Å². The second-order valence-corrected chi connectivity index (χ2v) is 20.1. The van der Waals surface area contributed by atoms with Crippen LogP contribution in [0.5, 0.6) is 11.5 Å². The summed E-state index contributed by atoms with van der Waals surface area (Å²) in [4.78, 5) is 37.0. The molecule has 0 radical (unpaired) electrons. The number of benzene rings is 3. The Morgan fingerprint density at radius 3 is 2.58 bits per heavy atom. The van der Waals surface area contributed by atoms with Crippen molar-refractivity contribution in [1.29, 1.82) is 0 Å². The molecular formula is C47H50ClF3N6O7S. The van der Waals surface area contributed by atoms with E-state index in [0.29, 0.717) is 69.3 Å². The number of hydrogen-bond donors (Lipinski definition) is 2. The molecule has 4 heterocycles. The number of alkyl halides is 3. The summed E-state index contributed by atoms with van der Waals surface area (Å²) in [6.45, 7) is 8.43. The third kappa shape index (κ3) is 10.8. The Kier molecular flexibility index (Phi) is 13.3. The second-order valence-electron chi connectivity index (χ2n) is 17.7. The fraction of sp³-hybridized carbons (Fsp3) is 0.404. The number of nitrogens with one attached hydrogen (secondary N) is 2. The molecule has 2 fully saturated rings. The molecule has 8 rings (SSSR count). The number of anilines is 2. The number of allylic oxidation sites excluding steroid dienone is 1. The van der Waals surface area contributed by atoms with Gasteiger partial charge in [0.2, 0.25) is 0 Å². The number of ether oxygens (including phenoxy) is 2. The number of ketones is 1. The number of piperazine rings is 1. The van der Waals surface area contributed by atoms with Gasteiger partial charge in [-0.2, -0.15) is 13.2 Å². The van der Waals surface area contributed by atoms with E-state index in [9.17, 15) is 36.5 Å². The second kappa shape index (κ2) is 18.8. The number of sulfone groups is 1. The van der Waals surface area contributed by atoms with Crippen LogP contribution < -0.4 is 15.0 Å². The summed E-state index contributed by atoms with van der Waals surface area (Å²) < 4.78 is 80.1. The van der Waals surface area contributed by atoms with Crippen LogP contribution in [-0.4, -0.2) is 91.7 Å².